The molecule has 9 N–H and O–H groups in total. The zero-order valence-corrected chi connectivity index (χ0v) is 70.5. The number of ketones is 1. The highest BCUT2D eigenvalue weighted by molar-refractivity contribution is 6.31. The molecule has 0 spiro atoms. The van der Waals surface area contributed by atoms with Gasteiger partial charge >= 0.3 is 18.1 Å². The number of carbonyl (C=O) groups is 13. The van der Waals surface area contributed by atoms with Crippen molar-refractivity contribution in [3.8, 4) is 0 Å². The number of nitrogens with zero attached hydrogens (tertiary/aromatic N) is 10. The van der Waals surface area contributed by atoms with Crippen LogP contribution in [0.4, 0.5) is 30.5 Å². The summed E-state index contributed by atoms with van der Waals surface area (Å²) in [5.41, 5.74) is 13.3. The number of aliphatic hydroxyl groups is 2. The summed E-state index contributed by atoms with van der Waals surface area (Å²) in [6.45, 7) is 10.2. The van der Waals surface area contributed by atoms with E-state index in [1.807, 2.05) is 52.3 Å². The number of aliphatic carboxylic acids is 2. The number of aryl methyl sites for hydroxylation is 1. The van der Waals surface area contributed by atoms with Crippen molar-refractivity contribution in [1.29, 1.82) is 0 Å². The number of unbranched alkanes of at least 4 members (excludes halogenated alkanes) is 6. The minimum absolute atomic E-state index is 0.0595. The Morgan fingerprint density at radius 1 is 0.532 bits per heavy atom. The lowest BCUT2D eigenvalue weighted by molar-refractivity contribution is -0.192. The smallest absolute Gasteiger partial charge is 0.481 e. The van der Waals surface area contributed by atoms with Gasteiger partial charge in [-0.25, -0.2) is 24.7 Å². The van der Waals surface area contributed by atoms with Crippen LogP contribution in [0.25, 0.3) is 0 Å². The number of piperidine rings is 2. The minimum atomic E-state index is -5.08. The first-order chi connectivity index (χ1) is 59.3. The lowest BCUT2D eigenvalue weighted by atomic mass is 9.91. The summed E-state index contributed by atoms with van der Waals surface area (Å²) in [6.07, 6.45) is 9.16. The third-order valence-electron chi connectivity index (χ3n) is 23.7. The van der Waals surface area contributed by atoms with Crippen molar-refractivity contribution >= 4 is 117 Å². The van der Waals surface area contributed by atoms with Crippen LogP contribution in [-0.4, -0.2) is 220 Å². The fourth-order valence-corrected chi connectivity index (χ4v) is 17.5. The number of piperazine rings is 2. The number of aromatic nitrogens is 4. The van der Waals surface area contributed by atoms with Gasteiger partial charge in [-0.15, -0.1) is 0 Å². The summed E-state index contributed by atoms with van der Waals surface area (Å²) < 4.78 is 31.7. The Kier molecular flexibility index (Phi) is 32.4. The van der Waals surface area contributed by atoms with Gasteiger partial charge in [0.15, 0.2) is 0 Å². The fourth-order valence-electron chi connectivity index (χ4n) is 17.2. The molecule has 36 heteroatoms. The van der Waals surface area contributed by atoms with E-state index >= 15 is 0 Å². The molecule has 8 atom stereocenters. The summed E-state index contributed by atoms with van der Waals surface area (Å²) in [5.74, 6) is -5.86. The van der Waals surface area contributed by atoms with Crippen LogP contribution in [0.15, 0.2) is 97.6 Å². The molecule has 2 aromatic heterocycles. The number of anilines is 3. The Labute approximate surface area is 724 Å². The molecule has 8 aliphatic rings. The number of hydrogen-bond donors (Lipinski definition) is 8. The van der Waals surface area contributed by atoms with Crippen molar-refractivity contribution < 1.29 is 95.9 Å². The standard InChI is InChI=1S/C43H50ClN7O7.C25H31ClN4O4.C18H21N3O4.C2HF3O2/c1-26-24-34(53)38-36(26)39(47-25-46-38)49-20-22-50(23-21-49)41(56)30(27-13-15-28(44)16-14-27)10-5-4-9-29(52)8-3-2-6-19-45-32-12-7-11-31-37(32)43(58)51(42(31)57)33-17-18-35(54)48-40(33)55;1-16-14-20(31)23-22(16)24(28-15-27-23)29-10-12-30(13-11-29)25(34)19(4-2-3-5-21(32)33)17-6-8-18(26)9-7-17;19-10-3-1-2-5-11-6-4-7-12-15(11)18(25)21(17(12)24)13-8-9-14(22)20-16(13)23;3-2(4,5)1(6)7/h7,11-16,25-26,30,33-34,45,53H,2-6,8-10,17-24H2,1H3,(H,48,54,55);6-9,15-16,19-20,31H,2-5,10-14H2,1H3,(H,32,33);4,6-7,13H,1-3,5,8-10,19H2,(H,20,22,23);(H,6,7)/t26-,30-,33?,34-;16-,19-,20-;;/m11../s1. The Balaban J connectivity index is 0.000000190. The van der Waals surface area contributed by atoms with E-state index in [9.17, 15) is 80.9 Å². The van der Waals surface area contributed by atoms with Crippen molar-refractivity contribution in [3.63, 3.8) is 0 Å². The van der Waals surface area contributed by atoms with Crippen LogP contribution in [0.5, 0.6) is 0 Å². The van der Waals surface area contributed by atoms with Gasteiger partial charge < -0.3 is 51.1 Å². The Bertz CT molecular complexity index is 4950. The number of nitrogens with one attached hydrogen (secondary N) is 3. The van der Waals surface area contributed by atoms with Crippen LogP contribution in [0.1, 0.15) is 265 Å². The molecule has 31 nitrogen and oxygen atoms in total. The number of hydrogen-bond acceptors (Lipinski definition) is 23. The highest BCUT2D eigenvalue weighted by Gasteiger charge is 2.48. The van der Waals surface area contributed by atoms with Crippen LogP contribution in [-0.2, 0) is 49.6 Å². The third kappa shape index (κ3) is 22.8. The first-order valence-corrected chi connectivity index (χ1v) is 42.9. The Morgan fingerprint density at radius 2 is 0.960 bits per heavy atom. The van der Waals surface area contributed by atoms with Crippen LogP contribution < -0.4 is 31.5 Å². The summed E-state index contributed by atoms with van der Waals surface area (Å²) >= 11 is 12.2. The van der Waals surface area contributed by atoms with Crippen molar-refractivity contribution in [2.45, 2.75) is 209 Å². The fraction of sp³-hybridized carbons (Fsp3) is 0.489. The maximum Gasteiger partial charge on any atom is 0.490 e. The second kappa shape index (κ2) is 42.9. The number of imide groups is 4. The maximum atomic E-state index is 14.0. The van der Waals surface area contributed by atoms with Gasteiger partial charge in [0.1, 0.15) is 42.2 Å². The van der Waals surface area contributed by atoms with E-state index in [1.165, 1.54) is 12.7 Å². The monoisotopic (exact) mass is 1750 g/mol. The minimum Gasteiger partial charge on any atom is -0.481 e. The molecule has 4 aromatic carbocycles. The van der Waals surface area contributed by atoms with E-state index in [0.29, 0.717) is 162 Å². The van der Waals surface area contributed by atoms with Crippen molar-refractivity contribution in [2.75, 3.05) is 80.6 Å². The molecule has 2 unspecified atom stereocenters. The van der Waals surface area contributed by atoms with Gasteiger partial charge in [0.25, 0.3) is 23.6 Å². The molecule has 6 aliphatic heterocycles. The number of carboxylic acid groups (broad SMARTS) is 2. The predicted octanol–water partition coefficient (Wildman–Crippen LogP) is 10.4. The summed E-state index contributed by atoms with van der Waals surface area (Å²) in [6, 6.07) is 23.1. The van der Waals surface area contributed by atoms with E-state index in [1.54, 1.807) is 42.5 Å². The molecule has 0 saturated carbocycles. The highest BCUT2D eigenvalue weighted by atomic mass is 35.5. The van der Waals surface area contributed by atoms with Crippen molar-refractivity contribution in [3.05, 3.63) is 169 Å². The summed E-state index contributed by atoms with van der Waals surface area (Å²) in [4.78, 5) is 187. The quantitative estimate of drug-likeness (QED) is 0.0153. The molecule has 0 radical (unpaired) electrons. The molecule has 6 aromatic rings. The van der Waals surface area contributed by atoms with Crippen LogP contribution in [0, 0.1) is 0 Å². The number of aliphatic hydroxyl groups excluding tert-OH is 2. The van der Waals surface area contributed by atoms with Gasteiger partial charge in [0.05, 0.1) is 57.7 Å². The van der Waals surface area contributed by atoms with E-state index in [2.05, 4.69) is 59.5 Å². The first kappa shape index (κ1) is 93.5. The first-order valence-electron chi connectivity index (χ1n) is 42.1. The van der Waals surface area contributed by atoms with Gasteiger partial charge in [-0.2, -0.15) is 13.2 Å². The second-order valence-electron chi connectivity index (χ2n) is 32.2. The molecule has 8 heterocycles. The topological polar surface area (TPSA) is 436 Å². The molecule has 4 fully saturated rings. The Morgan fingerprint density at radius 3 is 1.40 bits per heavy atom. The number of nitrogens with two attached hydrogens (primary N) is 1. The van der Waals surface area contributed by atoms with E-state index in [0.717, 1.165) is 99.9 Å². The average molecular weight is 1760 g/mol. The normalized spacial score (nSPS) is 20.1. The number of Topliss-reactive ketones (excluding diaryl/α,β-unsaturated/α-hetero) is 1. The summed E-state index contributed by atoms with van der Waals surface area (Å²) in [7, 11) is 0. The highest BCUT2D eigenvalue weighted by Crippen LogP contribution is 2.45. The van der Waals surface area contributed by atoms with Gasteiger partial charge in [-0.1, -0.05) is 105 Å². The van der Waals surface area contributed by atoms with Crippen LogP contribution >= 0.6 is 23.2 Å². The molecule has 4 saturated heterocycles. The van der Waals surface area contributed by atoms with Gasteiger partial charge in [0, 0.05) is 118 Å². The molecule has 10 amide bonds. The maximum absolute atomic E-state index is 14.0. The second-order valence-corrected chi connectivity index (χ2v) is 33.0. The van der Waals surface area contributed by atoms with Crippen LogP contribution in [0.3, 0.4) is 0 Å². The molecular weight excluding hydrogens is 1650 g/mol. The third-order valence-corrected chi connectivity index (χ3v) is 24.2. The number of carboxylic acids is 2. The molecule has 2 aliphatic carbocycles. The number of halogens is 5. The Hall–Kier alpha value is -11.2. The van der Waals surface area contributed by atoms with Crippen molar-refractivity contribution in [2.24, 2.45) is 5.73 Å². The molecule has 0 bridgehead atoms. The number of amides is 10. The van der Waals surface area contributed by atoms with Gasteiger partial charge in [-0.05, 0) is 161 Å². The zero-order chi connectivity index (χ0) is 89.2. The largest absolute Gasteiger partial charge is 0.490 e. The number of rotatable bonds is 30. The van der Waals surface area contributed by atoms with Crippen LogP contribution in [0.2, 0.25) is 10.0 Å². The van der Waals surface area contributed by atoms with Gasteiger partial charge in [-0.3, -0.25) is 78.0 Å². The molecule has 662 valence electrons. The zero-order valence-electron chi connectivity index (χ0n) is 69.0. The van der Waals surface area contributed by atoms with E-state index in [-0.39, 0.29) is 90.4 Å². The van der Waals surface area contributed by atoms with Crippen molar-refractivity contribution in [1.82, 2.24) is 50.2 Å². The van der Waals surface area contributed by atoms with Gasteiger partial charge in [0.2, 0.25) is 35.4 Å². The van der Waals surface area contributed by atoms with E-state index < -0.39 is 83.8 Å². The SMILES string of the molecule is C[C@@H]1C[C@@H](O)c2ncnc(N3CCN(C(=O)[C@H](CCCCC(=O)CCCCCNc4cccc5c4C(=O)N(C4CCC(=O)NC4=O)C5=O)c4ccc(Cl)cc4)CC3)c21.C[C@@H]1C[C@@H](O)c2ncnc(N3CCN(C(=O)[C@H](CCCCC(=O)O)c4ccc(Cl)cc4)CC3)c21.NCCCCCc1cccc2c1C(=O)N(C1CCC(=O)NC1=O)C2=O.O=C(O)C(F)(F)F. The number of fused-ring (bicyclic) bond motifs is 4. The number of benzene rings is 4. The lowest BCUT2D eigenvalue weighted by Gasteiger charge is -2.38. The molecule has 14 rings (SSSR count). The number of alkyl halides is 3. The molecule has 124 heavy (non-hydrogen) atoms. The average Bonchev–Trinajstić information content (AvgIpc) is 1.57. The van der Waals surface area contributed by atoms with E-state index in [4.69, 9.17) is 43.9 Å². The predicted molar refractivity (Wildman–Crippen MR) is 449 cm³/mol. The summed E-state index contributed by atoms with van der Waals surface area (Å²) in [5, 5.41) is 45.7. The molecular formula is C88H103Cl2F3N14O17. The number of carbonyl (C=O) groups excluding carboxylic acids is 11. The lowest BCUT2D eigenvalue weighted by Crippen LogP contribution is -2.54.